The number of esters is 2. The van der Waals surface area contributed by atoms with Crippen molar-refractivity contribution in [2.75, 3.05) is 13.7 Å². The lowest BCUT2D eigenvalue weighted by molar-refractivity contribution is -0.384. The van der Waals surface area contributed by atoms with Gasteiger partial charge in [-0.3, -0.25) is 10.1 Å². The van der Waals surface area contributed by atoms with E-state index in [-0.39, 0.29) is 28.8 Å². The van der Waals surface area contributed by atoms with E-state index in [1.165, 1.54) is 43.5 Å². The number of nitro benzene ring substituents is 1. The highest BCUT2D eigenvalue weighted by atomic mass is 16.6. The Hall–Kier alpha value is -5.25. The monoisotopic (exact) mass is 514 g/mol. The number of cyclic esters (lactones) is 1. The molecule has 0 fully saturated rings. The van der Waals surface area contributed by atoms with Gasteiger partial charge in [-0.25, -0.2) is 14.6 Å². The van der Waals surface area contributed by atoms with Crippen molar-refractivity contribution >= 4 is 35.7 Å². The summed E-state index contributed by atoms with van der Waals surface area (Å²) in [4.78, 5) is 39.5. The summed E-state index contributed by atoms with van der Waals surface area (Å²) in [5.74, 6) is -0.103. The van der Waals surface area contributed by atoms with Gasteiger partial charge in [0, 0.05) is 23.8 Å². The van der Waals surface area contributed by atoms with Crippen LogP contribution in [0.25, 0.3) is 12.2 Å². The summed E-state index contributed by atoms with van der Waals surface area (Å²) in [6, 6.07) is 17.6. The summed E-state index contributed by atoms with van der Waals surface area (Å²) in [6.07, 6.45) is 4.11. The number of aliphatic imine (C=N–C) groups is 1. The molecule has 192 valence electrons. The molecule has 0 saturated carbocycles. The highest BCUT2D eigenvalue weighted by Crippen LogP contribution is 2.31. The van der Waals surface area contributed by atoms with Gasteiger partial charge in [0.2, 0.25) is 5.90 Å². The van der Waals surface area contributed by atoms with Crippen LogP contribution in [0.1, 0.15) is 23.6 Å². The Labute approximate surface area is 217 Å². The molecular weight excluding hydrogens is 492 g/mol. The fourth-order valence-corrected chi connectivity index (χ4v) is 3.46. The van der Waals surface area contributed by atoms with Crippen molar-refractivity contribution < 1.29 is 33.5 Å². The molecule has 1 aliphatic heterocycles. The zero-order valence-electron chi connectivity index (χ0n) is 20.5. The van der Waals surface area contributed by atoms with E-state index in [0.29, 0.717) is 29.0 Å². The van der Waals surface area contributed by atoms with Crippen LogP contribution in [-0.4, -0.2) is 36.5 Å². The van der Waals surface area contributed by atoms with Gasteiger partial charge in [-0.15, -0.1) is 0 Å². The maximum absolute atomic E-state index is 12.4. The van der Waals surface area contributed by atoms with Gasteiger partial charge >= 0.3 is 11.9 Å². The van der Waals surface area contributed by atoms with Crippen LogP contribution in [-0.2, 0) is 14.3 Å². The number of carbonyl (C=O) groups is 2. The largest absolute Gasteiger partial charge is 0.497 e. The van der Waals surface area contributed by atoms with Gasteiger partial charge in [0.1, 0.15) is 5.75 Å². The number of carbonyl (C=O) groups excluding carboxylic acids is 2. The van der Waals surface area contributed by atoms with E-state index in [2.05, 4.69) is 4.99 Å². The molecular formula is C28H22N2O8. The fourth-order valence-electron chi connectivity index (χ4n) is 3.46. The Balaban J connectivity index is 1.52. The van der Waals surface area contributed by atoms with Gasteiger partial charge in [-0.1, -0.05) is 24.3 Å². The first-order chi connectivity index (χ1) is 18.4. The molecule has 3 aromatic rings. The first-order valence-electron chi connectivity index (χ1n) is 11.4. The molecule has 1 aliphatic rings. The number of methoxy groups -OCH3 is 1. The van der Waals surface area contributed by atoms with Gasteiger partial charge in [0.05, 0.1) is 18.6 Å². The number of benzene rings is 3. The van der Waals surface area contributed by atoms with E-state index in [9.17, 15) is 19.7 Å². The van der Waals surface area contributed by atoms with Gasteiger partial charge in [0.25, 0.3) is 5.69 Å². The molecule has 0 aliphatic carbocycles. The Morgan fingerprint density at radius 2 is 1.87 bits per heavy atom. The molecule has 0 amide bonds. The second kappa shape index (κ2) is 11.7. The van der Waals surface area contributed by atoms with E-state index in [1.807, 2.05) is 0 Å². The maximum atomic E-state index is 12.4. The average Bonchev–Trinajstić information content (AvgIpc) is 3.29. The number of nitro groups is 1. The minimum Gasteiger partial charge on any atom is -0.497 e. The van der Waals surface area contributed by atoms with Crippen LogP contribution in [0.15, 0.2) is 83.5 Å². The number of ether oxygens (including phenoxy) is 4. The summed E-state index contributed by atoms with van der Waals surface area (Å²) in [5.41, 5.74) is 1.64. The third-order valence-corrected chi connectivity index (χ3v) is 5.21. The Morgan fingerprint density at radius 1 is 1.05 bits per heavy atom. The van der Waals surface area contributed by atoms with Crippen molar-refractivity contribution in [3.05, 3.63) is 105 Å². The molecule has 0 radical (unpaired) electrons. The molecule has 10 nitrogen and oxygen atoms in total. The van der Waals surface area contributed by atoms with Crippen LogP contribution >= 0.6 is 0 Å². The molecule has 0 atom stereocenters. The number of rotatable bonds is 9. The lowest BCUT2D eigenvalue weighted by Gasteiger charge is -2.10. The molecule has 0 bridgehead atoms. The third-order valence-electron chi connectivity index (χ3n) is 5.21. The molecule has 0 aromatic heterocycles. The smallest absolute Gasteiger partial charge is 0.363 e. The number of non-ortho nitro benzene ring substituents is 1. The Kier molecular flexibility index (Phi) is 7.92. The zero-order valence-corrected chi connectivity index (χ0v) is 20.5. The zero-order chi connectivity index (χ0) is 27.1. The molecule has 38 heavy (non-hydrogen) atoms. The van der Waals surface area contributed by atoms with Crippen LogP contribution in [0.4, 0.5) is 5.69 Å². The molecule has 0 saturated heterocycles. The normalized spacial score (nSPS) is 13.8. The van der Waals surface area contributed by atoms with E-state index in [4.69, 9.17) is 18.9 Å². The van der Waals surface area contributed by atoms with Gasteiger partial charge in [0.15, 0.2) is 17.2 Å². The average molecular weight is 514 g/mol. The third kappa shape index (κ3) is 6.30. The lowest BCUT2D eigenvalue weighted by atomic mass is 10.1. The Bertz CT molecular complexity index is 1490. The first kappa shape index (κ1) is 25.8. The van der Waals surface area contributed by atoms with Crippen molar-refractivity contribution in [3.63, 3.8) is 0 Å². The van der Waals surface area contributed by atoms with Crippen LogP contribution in [0.5, 0.6) is 17.2 Å². The summed E-state index contributed by atoms with van der Waals surface area (Å²) in [7, 11) is 1.54. The first-order valence-corrected chi connectivity index (χ1v) is 11.4. The van der Waals surface area contributed by atoms with E-state index < -0.39 is 16.9 Å². The quantitative estimate of drug-likeness (QED) is 0.129. The van der Waals surface area contributed by atoms with Crippen LogP contribution < -0.4 is 14.2 Å². The highest BCUT2D eigenvalue weighted by molar-refractivity contribution is 6.13. The van der Waals surface area contributed by atoms with Crippen molar-refractivity contribution in [1.29, 1.82) is 0 Å². The van der Waals surface area contributed by atoms with Crippen molar-refractivity contribution in [2.24, 2.45) is 4.99 Å². The van der Waals surface area contributed by atoms with Crippen LogP contribution in [0.3, 0.4) is 0 Å². The molecule has 10 heteroatoms. The van der Waals surface area contributed by atoms with Crippen LogP contribution in [0, 0.1) is 10.1 Å². The number of hydrogen-bond donors (Lipinski definition) is 0. The number of hydrogen-bond acceptors (Lipinski definition) is 9. The van der Waals surface area contributed by atoms with E-state index in [1.54, 1.807) is 49.4 Å². The molecule has 3 aromatic carbocycles. The number of nitrogens with zero attached hydrogens (tertiary/aromatic N) is 2. The van der Waals surface area contributed by atoms with Crippen LogP contribution in [0.2, 0.25) is 0 Å². The minimum atomic E-state index is -0.699. The summed E-state index contributed by atoms with van der Waals surface area (Å²) in [6.45, 7) is 2.08. The van der Waals surface area contributed by atoms with E-state index in [0.717, 1.165) is 6.08 Å². The molecule has 1 heterocycles. The molecule has 4 rings (SSSR count). The second-order valence-electron chi connectivity index (χ2n) is 7.81. The maximum Gasteiger partial charge on any atom is 0.363 e. The van der Waals surface area contributed by atoms with E-state index >= 15 is 0 Å². The molecule has 0 unspecified atom stereocenters. The van der Waals surface area contributed by atoms with Crippen molar-refractivity contribution in [2.45, 2.75) is 6.92 Å². The summed E-state index contributed by atoms with van der Waals surface area (Å²) >= 11 is 0. The molecule has 0 N–H and O–H groups in total. The predicted molar refractivity (Wildman–Crippen MR) is 139 cm³/mol. The van der Waals surface area contributed by atoms with Crippen molar-refractivity contribution in [1.82, 2.24) is 0 Å². The van der Waals surface area contributed by atoms with Crippen molar-refractivity contribution in [3.8, 4) is 17.2 Å². The SMILES string of the molecule is CCOc1cc(/C=C2\N=C(c3cccc(OC)c3)OC2=O)ccc1OC(=O)/C=C/c1cccc([N+](=O)[O-])c1. The summed E-state index contributed by atoms with van der Waals surface area (Å²) < 4.78 is 21.5. The fraction of sp³-hybridized carbons (Fsp3) is 0.107. The lowest BCUT2D eigenvalue weighted by Crippen LogP contribution is -2.06. The Morgan fingerprint density at radius 3 is 2.63 bits per heavy atom. The van der Waals surface area contributed by atoms with Gasteiger partial charge in [-0.05, 0) is 60.5 Å². The molecule has 0 spiro atoms. The second-order valence-corrected chi connectivity index (χ2v) is 7.81. The highest BCUT2D eigenvalue weighted by Gasteiger charge is 2.24. The standard InChI is InChI=1S/C28H22N2O8/c1-3-36-25-16-19(15-23-28(32)38-27(29-23)20-7-5-9-22(17-20)35-2)10-12-24(25)37-26(31)13-11-18-6-4-8-21(14-18)30(33)34/h4-17H,3H2,1-2H3/b13-11+,23-15-. The minimum absolute atomic E-state index is 0.0880. The topological polar surface area (TPSA) is 127 Å². The predicted octanol–water partition coefficient (Wildman–Crippen LogP) is 4.97. The summed E-state index contributed by atoms with van der Waals surface area (Å²) in [5, 5.41) is 10.9. The van der Waals surface area contributed by atoms with Gasteiger partial charge < -0.3 is 18.9 Å². The van der Waals surface area contributed by atoms with Gasteiger partial charge in [-0.2, -0.15) is 0 Å².